The molecule has 0 aliphatic heterocycles. The lowest BCUT2D eigenvalue weighted by molar-refractivity contribution is 0.100. The third-order valence-corrected chi connectivity index (χ3v) is 3.94. The SMILES string of the molecule is CC(=O)c1cccc(NC(=O)c2cccc(C(=O)Nc3c(F)cccc3F)n2)c1. The van der Waals surface area contributed by atoms with Crippen LogP contribution in [-0.4, -0.2) is 22.6 Å². The first-order valence-electron chi connectivity index (χ1n) is 8.50. The van der Waals surface area contributed by atoms with Gasteiger partial charge in [-0.25, -0.2) is 13.8 Å². The van der Waals surface area contributed by atoms with Crippen molar-refractivity contribution in [3.05, 3.63) is 89.2 Å². The van der Waals surface area contributed by atoms with Crippen molar-refractivity contribution in [2.75, 3.05) is 10.6 Å². The standard InChI is InChI=1S/C21H15F2N3O3/c1-12(27)13-5-2-6-14(11-13)24-20(28)17-9-4-10-18(25-17)21(29)26-19-15(22)7-3-8-16(19)23/h2-11H,1H3,(H,24,28)(H,26,29). The number of Topliss-reactive ketones (excluding diaryl/α,β-unsaturated/α-hetero) is 1. The van der Waals surface area contributed by atoms with Crippen LogP contribution in [0, 0.1) is 11.6 Å². The molecule has 0 fully saturated rings. The van der Waals surface area contributed by atoms with Gasteiger partial charge in [0.05, 0.1) is 0 Å². The quantitative estimate of drug-likeness (QED) is 0.638. The van der Waals surface area contributed by atoms with Crippen LogP contribution in [-0.2, 0) is 0 Å². The Bertz CT molecular complexity index is 1100. The predicted octanol–water partition coefficient (Wildman–Crippen LogP) is 4.07. The van der Waals surface area contributed by atoms with E-state index in [-0.39, 0.29) is 17.2 Å². The predicted molar refractivity (Wildman–Crippen MR) is 103 cm³/mol. The molecule has 2 aromatic carbocycles. The number of rotatable bonds is 5. The first-order chi connectivity index (χ1) is 13.8. The number of carbonyl (C=O) groups is 3. The Hall–Kier alpha value is -3.94. The number of hydrogen-bond donors (Lipinski definition) is 2. The molecule has 6 nitrogen and oxygen atoms in total. The minimum atomic E-state index is -0.933. The maximum absolute atomic E-state index is 13.7. The van der Waals surface area contributed by atoms with Gasteiger partial charge in [-0.1, -0.05) is 24.3 Å². The molecule has 0 spiro atoms. The lowest BCUT2D eigenvalue weighted by atomic mass is 10.1. The molecule has 146 valence electrons. The average Bonchev–Trinajstić information content (AvgIpc) is 2.71. The van der Waals surface area contributed by atoms with Crippen molar-refractivity contribution in [3.8, 4) is 0 Å². The summed E-state index contributed by atoms with van der Waals surface area (Å²) in [5, 5.41) is 4.69. The van der Waals surface area contributed by atoms with Crippen molar-refractivity contribution < 1.29 is 23.2 Å². The van der Waals surface area contributed by atoms with E-state index >= 15 is 0 Å². The van der Waals surface area contributed by atoms with E-state index in [9.17, 15) is 23.2 Å². The van der Waals surface area contributed by atoms with Crippen molar-refractivity contribution in [3.63, 3.8) is 0 Å². The fraction of sp³-hybridized carbons (Fsp3) is 0.0476. The number of nitrogens with zero attached hydrogens (tertiary/aromatic N) is 1. The highest BCUT2D eigenvalue weighted by Crippen LogP contribution is 2.19. The van der Waals surface area contributed by atoms with Gasteiger partial charge >= 0.3 is 0 Å². The summed E-state index contributed by atoms with van der Waals surface area (Å²) in [5.74, 6) is -3.51. The van der Waals surface area contributed by atoms with Crippen molar-refractivity contribution in [2.24, 2.45) is 0 Å². The van der Waals surface area contributed by atoms with E-state index in [4.69, 9.17) is 0 Å². The van der Waals surface area contributed by atoms with Gasteiger partial charge in [-0.15, -0.1) is 0 Å². The summed E-state index contributed by atoms with van der Waals surface area (Å²) < 4.78 is 27.4. The largest absolute Gasteiger partial charge is 0.321 e. The summed E-state index contributed by atoms with van der Waals surface area (Å²) in [4.78, 5) is 40.1. The third kappa shape index (κ3) is 4.67. The highest BCUT2D eigenvalue weighted by atomic mass is 19.1. The number of halogens is 2. The van der Waals surface area contributed by atoms with Crippen molar-refractivity contribution in [1.29, 1.82) is 0 Å². The van der Waals surface area contributed by atoms with Gasteiger partial charge in [0.1, 0.15) is 28.7 Å². The Morgan fingerprint density at radius 3 is 1.97 bits per heavy atom. The summed E-state index contributed by atoms with van der Waals surface area (Å²) in [6, 6.07) is 13.6. The second-order valence-electron chi connectivity index (χ2n) is 6.05. The van der Waals surface area contributed by atoms with E-state index < -0.39 is 29.1 Å². The zero-order valence-corrected chi connectivity index (χ0v) is 15.2. The number of aromatic nitrogens is 1. The van der Waals surface area contributed by atoms with Crippen LogP contribution in [0.2, 0.25) is 0 Å². The Labute approximate surface area is 164 Å². The van der Waals surface area contributed by atoms with Crippen molar-refractivity contribution in [2.45, 2.75) is 6.92 Å². The number of carbonyl (C=O) groups excluding carboxylic acids is 3. The van der Waals surface area contributed by atoms with Crippen LogP contribution in [0.15, 0.2) is 60.7 Å². The molecule has 1 heterocycles. The number of nitrogens with one attached hydrogen (secondary N) is 2. The van der Waals surface area contributed by atoms with E-state index in [1.54, 1.807) is 18.2 Å². The summed E-state index contributed by atoms with van der Waals surface area (Å²) in [5.41, 5.74) is -0.0727. The molecule has 0 atom stereocenters. The lowest BCUT2D eigenvalue weighted by Crippen LogP contribution is -2.19. The lowest BCUT2D eigenvalue weighted by Gasteiger charge is -2.09. The Balaban J connectivity index is 1.78. The molecule has 0 aliphatic carbocycles. The monoisotopic (exact) mass is 395 g/mol. The molecule has 0 bridgehead atoms. The molecule has 2 N–H and O–H groups in total. The fourth-order valence-corrected chi connectivity index (χ4v) is 2.49. The number of hydrogen-bond acceptors (Lipinski definition) is 4. The van der Waals surface area contributed by atoms with E-state index in [2.05, 4.69) is 15.6 Å². The maximum atomic E-state index is 13.7. The minimum Gasteiger partial charge on any atom is -0.321 e. The van der Waals surface area contributed by atoms with Gasteiger partial charge < -0.3 is 10.6 Å². The molecule has 0 aliphatic rings. The van der Waals surface area contributed by atoms with Crippen molar-refractivity contribution >= 4 is 29.0 Å². The number of benzene rings is 2. The second kappa shape index (κ2) is 8.39. The van der Waals surface area contributed by atoms with Crippen LogP contribution >= 0.6 is 0 Å². The molecular weight excluding hydrogens is 380 g/mol. The molecule has 29 heavy (non-hydrogen) atoms. The van der Waals surface area contributed by atoms with E-state index in [1.165, 1.54) is 37.3 Å². The van der Waals surface area contributed by atoms with Gasteiger partial charge in [0.2, 0.25) is 0 Å². The summed E-state index contributed by atoms with van der Waals surface area (Å²) in [6.07, 6.45) is 0. The molecule has 3 rings (SSSR count). The topological polar surface area (TPSA) is 88.2 Å². The van der Waals surface area contributed by atoms with Gasteiger partial charge in [-0.3, -0.25) is 14.4 Å². The molecule has 2 amide bonds. The number of ketones is 1. The van der Waals surface area contributed by atoms with Crippen LogP contribution in [0.1, 0.15) is 38.3 Å². The molecule has 0 radical (unpaired) electrons. The highest BCUT2D eigenvalue weighted by Gasteiger charge is 2.16. The van der Waals surface area contributed by atoms with Gasteiger partial charge in [-0.2, -0.15) is 0 Å². The Morgan fingerprint density at radius 1 is 0.793 bits per heavy atom. The molecule has 0 saturated carbocycles. The van der Waals surface area contributed by atoms with Crippen LogP contribution in [0.5, 0.6) is 0 Å². The minimum absolute atomic E-state index is 0.0834. The summed E-state index contributed by atoms with van der Waals surface area (Å²) >= 11 is 0. The van der Waals surface area contributed by atoms with E-state index in [0.717, 1.165) is 12.1 Å². The molecule has 3 aromatic rings. The third-order valence-electron chi connectivity index (χ3n) is 3.94. The smallest absolute Gasteiger partial charge is 0.274 e. The number of amides is 2. The molecule has 0 unspecified atom stereocenters. The second-order valence-corrected chi connectivity index (χ2v) is 6.05. The van der Waals surface area contributed by atoms with Crippen LogP contribution in [0.3, 0.4) is 0 Å². The fourth-order valence-electron chi connectivity index (χ4n) is 2.49. The Kier molecular flexibility index (Phi) is 5.73. The van der Waals surface area contributed by atoms with Crippen molar-refractivity contribution in [1.82, 2.24) is 4.98 Å². The summed E-state index contributed by atoms with van der Waals surface area (Å²) in [7, 11) is 0. The summed E-state index contributed by atoms with van der Waals surface area (Å²) in [6.45, 7) is 1.41. The van der Waals surface area contributed by atoms with Gasteiger partial charge in [0.25, 0.3) is 11.8 Å². The van der Waals surface area contributed by atoms with Crippen LogP contribution in [0.4, 0.5) is 20.2 Å². The maximum Gasteiger partial charge on any atom is 0.274 e. The van der Waals surface area contributed by atoms with E-state index in [0.29, 0.717) is 11.3 Å². The normalized spacial score (nSPS) is 10.3. The molecule has 1 aromatic heterocycles. The highest BCUT2D eigenvalue weighted by molar-refractivity contribution is 6.06. The Morgan fingerprint density at radius 2 is 1.34 bits per heavy atom. The first-order valence-corrected chi connectivity index (χ1v) is 8.50. The van der Waals surface area contributed by atoms with E-state index in [1.807, 2.05) is 0 Å². The molecular formula is C21H15F2N3O3. The van der Waals surface area contributed by atoms with Crippen LogP contribution < -0.4 is 10.6 Å². The first kappa shape index (κ1) is 19.8. The van der Waals surface area contributed by atoms with Gasteiger partial charge in [-0.05, 0) is 43.3 Å². The number of pyridine rings is 1. The number of para-hydroxylation sites is 1. The van der Waals surface area contributed by atoms with Crippen LogP contribution in [0.25, 0.3) is 0 Å². The zero-order chi connectivity index (χ0) is 21.0. The zero-order valence-electron chi connectivity index (χ0n) is 15.2. The number of anilines is 2. The van der Waals surface area contributed by atoms with Gasteiger partial charge in [0, 0.05) is 11.3 Å². The average molecular weight is 395 g/mol. The molecule has 8 heteroatoms. The molecule has 0 saturated heterocycles. The van der Waals surface area contributed by atoms with Gasteiger partial charge in [0.15, 0.2) is 5.78 Å².